The Labute approximate surface area is 285 Å². The summed E-state index contributed by atoms with van der Waals surface area (Å²) in [5.74, 6) is 2.64. The number of hydrogen-bond acceptors (Lipinski definition) is 8. The molecule has 8 heteroatoms. The van der Waals surface area contributed by atoms with Crippen molar-refractivity contribution in [2.24, 2.45) is 0 Å². The van der Waals surface area contributed by atoms with Gasteiger partial charge in [0.05, 0.1) is 45.7 Å². The van der Waals surface area contributed by atoms with E-state index in [9.17, 15) is 0 Å². The molecule has 1 N–H and O–H groups in total. The Morgan fingerprint density at radius 1 is 0.854 bits per heavy atom. The molecule has 3 atom stereocenters. The molecular weight excluding hydrogens is 602 g/mol. The van der Waals surface area contributed by atoms with Crippen LogP contribution in [0.5, 0.6) is 17.2 Å². The predicted molar refractivity (Wildman–Crippen MR) is 193 cm³/mol. The topological polar surface area (TPSA) is 64.7 Å². The number of methoxy groups -OCH3 is 1. The van der Waals surface area contributed by atoms with E-state index in [1.165, 1.54) is 22.0 Å². The second kappa shape index (κ2) is 17.0. The van der Waals surface area contributed by atoms with E-state index in [2.05, 4.69) is 89.8 Å². The van der Waals surface area contributed by atoms with Crippen LogP contribution in [0.2, 0.25) is 0 Å². The van der Waals surface area contributed by atoms with Crippen molar-refractivity contribution in [1.29, 1.82) is 0 Å². The smallest absolute Gasteiger partial charge is 0.124 e. The lowest BCUT2D eigenvalue weighted by Crippen LogP contribution is -2.55. The minimum atomic E-state index is 0.0652. The summed E-state index contributed by atoms with van der Waals surface area (Å²) in [6, 6.07) is 29.6. The van der Waals surface area contributed by atoms with E-state index in [-0.39, 0.29) is 12.2 Å². The van der Waals surface area contributed by atoms with Crippen LogP contribution in [0.1, 0.15) is 37.3 Å². The molecular formula is C40H51N3O5. The zero-order chi connectivity index (χ0) is 33.1. The number of anilines is 1. The number of nitrogens with one attached hydrogen (secondary N) is 1. The number of fused-ring (bicyclic) bond motifs is 1. The third-order valence-corrected chi connectivity index (χ3v) is 9.42. The van der Waals surface area contributed by atoms with Gasteiger partial charge in [0, 0.05) is 50.4 Å². The average molecular weight is 654 g/mol. The lowest BCUT2D eigenvalue weighted by atomic mass is 10.0. The lowest BCUT2D eigenvalue weighted by Gasteiger charge is -2.35. The Hall–Kier alpha value is -3.82. The van der Waals surface area contributed by atoms with Gasteiger partial charge in [0.25, 0.3) is 0 Å². The highest BCUT2D eigenvalue weighted by atomic mass is 16.5. The van der Waals surface area contributed by atoms with E-state index in [1.807, 2.05) is 24.3 Å². The first kappa shape index (κ1) is 34.1. The average Bonchev–Trinajstić information content (AvgIpc) is 3.12. The van der Waals surface area contributed by atoms with Gasteiger partial charge in [-0.25, -0.2) is 0 Å². The Kier molecular flexibility index (Phi) is 12.1. The third-order valence-electron chi connectivity index (χ3n) is 9.42. The number of benzene rings is 4. The van der Waals surface area contributed by atoms with Crippen molar-refractivity contribution in [3.8, 4) is 17.2 Å². The Balaban J connectivity index is 0.977. The van der Waals surface area contributed by atoms with Gasteiger partial charge in [0.15, 0.2) is 0 Å². The number of likely N-dealkylation sites (N-methyl/N-ethyl adjacent to an activating group) is 1. The molecule has 0 aromatic heterocycles. The van der Waals surface area contributed by atoms with Gasteiger partial charge in [-0.05, 0) is 85.6 Å². The van der Waals surface area contributed by atoms with Crippen LogP contribution in [-0.2, 0) is 22.7 Å². The normalized spacial score (nSPS) is 19.3. The van der Waals surface area contributed by atoms with Gasteiger partial charge in [-0.3, -0.25) is 0 Å². The number of piperazine rings is 1. The molecule has 4 aromatic carbocycles. The molecule has 2 heterocycles. The van der Waals surface area contributed by atoms with Gasteiger partial charge in [-0.2, -0.15) is 0 Å². The number of ether oxygens (including phenoxy) is 5. The highest BCUT2D eigenvalue weighted by Crippen LogP contribution is 2.29. The maximum Gasteiger partial charge on any atom is 0.124 e. The monoisotopic (exact) mass is 653 g/mol. The van der Waals surface area contributed by atoms with Crippen molar-refractivity contribution in [3.05, 3.63) is 96.1 Å². The van der Waals surface area contributed by atoms with E-state index in [0.29, 0.717) is 32.5 Å². The Morgan fingerprint density at radius 2 is 1.69 bits per heavy atom. The largest absolute Gasteiger partial charge is 0.496 e. The van der Waals surface area contributed by atoms with Gasteiger partial charge in [-0.1, -0.05) is 42.5 Å². The molecule has 0 bridgehead atoms. The van der Waals surface area contributed by atoms with E-state index < -0.39 is 0 Å². The van der Waals surface area contributed by atoms with E-state index in [4.69, 9.17) is 23.7 Å². The van der Waals surface area contributed by atoms with Gasteiger partial charge in [0.1, 0.15) is 23.4 Å². The minimum absolute atomic E-state index is 0.0652. The quantitative estimate of drug-likeness (QED) is 0.143. The van der Waals surface area contributed by atoms with Crippen LogP contribution in [0.4, 0.5) is 5.69 Å². The number of piperidine rings is 1. The SMILES string of the molecule is COc1ccccc1COCCCOc1ccc(N2CCC[C@@H](OCc3cc(O[C@H](C)C4CN(C)CCN4)cc4ccccc34)C2)cc1. The molecule has 4 aromatic rings. The minimum Gasteiger partial charge on any atom is -0.496 e. The fourth-order valence-electron chi connectivity index (χ4n) is 6.72. The second-order valence-electron chi connectivity index (χ2n) is 13.0. The zero-order valence-electron chi connectivity index (χ0n) is 28.7. The molecule has 0 aliphatic carbocycles. The molecule has 2 aliphatic rings. The summed E-state index contributed by atoms with van der Waals surface area (Å²) in [6.45, 7) is 9.45. The molecule has 0 radical (unpaired) electrons. The first-order valence-electron chi connectivity index (χ1n) is 17.4. The number of para-hydroxylation sites is 1. The van der Waals surface area contributed by atoms with E-state index in [1.54, 1.807) is 7.11 Å². The fourth-order valence-corrected chi connectivity index (χ4v) is 6.72. The number of nitrogens with zero attached hydrogens (tertiary/aromatic N) is 2. The maximum atomic E-state index is 6.61. The van der Waals surface area contributed by atoms with Crippen molar-refractivity contribution in [2.75, 3.05) is 65.0 Å². The molecule has 2 fully saturated rings. The first-order valence-corrected chi connectivity index (χ1v) is 17.4. The van der Waals surface area contributed by atoms with Gasteiger partial charge in [0.2, 0.25) is 0 Å². The van der Waals surface area contributed by atoms with Crippen LogP contribution in [0.15, 0.2) is 84.9 Å². The van der Waals surface area contributed by atoms with E-state index >= 15 is 0 Å². The van der Waals surface area contributed by atoms with Crippen LogP contribution in [-0.4, -0.2) is 83.2 Å². The first-order chi connectivity index (χ1) is 23.6. The van der Waals surface area contributed by atoms with E-state index in [0.717, 1.165) is 74.8 Å². The lowest BCUT2D eigenvalue weighted by molar-refractivity contribution is 0.0320. The summed E-state index contributed by atoms with van der Waals surface area (Å²) in [5.41, 5.74) is 3.43. The molecule has 8 nitrogen and oxygen atoms in total. The molecule has 0 amide bonds. The fraction of sp³-hybridized carbons (Fsp3) is 0.450. The molecule has 0 spiro atoms. The number of rotatable bonds is 15. The molecule has 0 saturated carbocycles. The van der Waals surface area contributed by atoms with Crippen molar-refractivity contribution in [3.63, 3.8) is 0 Å². The Bertz CT molecular complexity index is 1580. The maximum absolute atomic E-state index is 6.61. The molecule has 6 rings (SSSR count). The predicted octanol–water partition coefficient (Wildman–Crippen LogP) is 6.69. The van der Waals surface area contributed by atoms with Crippen LogP contribution >= 0.6 is 0 Å². The Morgan fingerprint density at radius 3 is 2.54 bits per heavy atom. The molecule has 48 heavy (non-hydrogen) atoms. The summed E-state index contributed by atoms with van der Waals surface area (Å²) in [5, 5.41) is 6.03. The van der Waals surface area contributed by atoms with Crippen LogP contribution in [0.25, 0.3) is 10.8 Å². The highest BCUT2D eigenvalue weighted by molar-refractivity contribution is 5.87. The second-order valence-corrected chi connectivity index (χ2v) is 13.0. The standard InChI is InChI=1S/C40H51N3O5/c1-30(39-27-42(2)21-19-41-39)48-37-24-31-10-4-6-13-38(31)33(25-37)29-47-36-12-8-20-43(26-36)34-15-17-35(18-16-34)46-23-9-22-45-28-32-11-5-7-14-40(32)44-3/h4-7,10-11,13-18,24-25,30,36,39,41H,8-9,12,19-23,26-29H2,1-3H3/t30-,36-,39?/m1/s1. The van der Waals surface area contributed by atoms with Crippen LogP contribution in [0, 0.1) is 0 Å². The summed E-state index contributed by atoms with van der Waals surface area (Å²) >= 11 is 0. The van der Waals surface area contributed by atoms with Gasteiger partial charge >= 0.3 is 0 Å². The van der Waals surface area contributed by atoms with Crippen molar-refractivity contribution < 1.29 is 23.7 Å². The van der Waals surface area contributed by atoms with Crippen molar-refractivity contribution in [1.82, 2.24) is 10.2 Å². The van der Waals surface area contributed by atoms with Gasteiger partial charge < -0.3 is 38.8 Å². The number of hydrogen-bond donors (Lipinski definition) is 1. The highest BCUT2D eigenvalue weighted by Gasteiger charge is 2.25. The third kappa shape index (κ3) is 9.20. The summed E-state index contributed by atoms with van der Waals surface area (Å²) in [6.07, 6.45) is 3.20. The molecule has 2 saturated heterocycles. The van der Waals surface area contributed by atoms with Gasteiger partial charge in [-0.15, -0.1) is 0 Å². The summed E-state index contributed by atoms with van der Waals surface area (Å²) in [7, 11) is 3.86. The molecule has 256 valence electrons. The molecule has 2 aliphatic heterocycles. The van der Waals surface area contributed by atoms with Crippen LogP contribution in [0.3, 0.4) is 0 Å². The summed E-state index contributed by atoms with van der Waals surface area (Å²) < 4.78 is 30.4. The summed E-state index contributed by atoms with van der Waals surface area (Å²) in [4.78, 5) is 4.79. The molecule has 1 unspecified atom stereocenters. The van der Waals surface area contributed by atoms with Crippen molar-refractivity contribution >= 4 is 16.5 Å². The zero-order valence-corrected chi connectivity index (χ0v) is 28.7. The van der Waals surface area contributed by atoms with Crippen molar-refractivity contribution in [2.45, 2.75) is 57.6 Å². The van der Waals surface area contributed by atoms with Crippen LogP contribution < -0.4 is 24.4 Å².